The van der Waals surface area contributed by atoms with Gasteiger partial charge in [0.2, 0.25) is 5.91 Å². The monoisotopic (exact) mass is 548 g/mol. The largest absolute Gasteiger partial charge is 0.359 e. The number of halogens is 2. The smallest absolute Gasteiger partial charge is 0.263 e. The first-order chi connectivity index (χ1) is 18.8. The molecule has 198 valence electrons. The van der Waals surface area contributed by atoms with E-state index in [1.807, 2.05) is 18.3 Å². The summed E-state index contributed by atoms with van der Waals surface area (Å²) in [5.41, 5.74) is 1.18. The number of thiazole rings is 1. The van der Waals surface area contributed by atoms with Crippen LogP contribution in [0.15, 0.2) is 72.0 Å². The third kappa shape index (κ3) is 5.46. The molecule has 4 aromatic heterocycles. The summed E-state index contributed by atoms with van der Waals surface area (Å²) >= 11 is 1.31. The molecule has 3 N–H and O–H groups in total. The van der Waals surface area contributed by atoms with E-state index in [-0.39, 0.29) is 24.4 Å². The fourth-order valence-corrected chi connectivity index (χ4v) is 5.12. The number of carbonyl (C=O) groups is 2. The van der Waals surface area contributed by atoms with Gasteiger partial charge in [0.15, 0.2) is 11.6 Å². The number of carbonyl (C=O) groups excluding carboxylic acids is 2. The lowest BCUT2D eigenvalue weighted by Crippen LogP contribution is -2.37. The maximum atomic E-state index is 13.6. The summed E-state index contributed by atoms with van der Waals surface area (Å²) in [6.07, 6.45) is 6.52. The molecule has 0 spiro atoms. The van der Waals surface area contributed by atoms with E-state index in [0.29, 0.717) is 10.6 Å². The van der Waals surface area contributed by atoms with E-state index in [2.05, 4.69) is 25.6 Å². The number of hydrogen-bond acceptors (Lipinski definition) is 6. The van der Waals surface area contributed by atoms with Crippen molar-refractivity contribution in [3.05, 3.63) is 105 Å². The second-order valence-corrected chi connectivity index (χ2v) is 9.73. The number of nitrogens with zero attached hydrogens (tertiary/aromatic N) is 3. The second kappa shape index (κ2) is 11.0. The lowest BCUT2D eigenvalue weighted by molar-refractivity contribution is -0.121. The Morgan fingerprint density at radius 3 is 2.77 bits per heavy atom. The summed E-state index contributed by atoms with van der Waals surface area (Å²) in [7, 11) is 1.49. The zero-order chi connectivity index (χ0) is 27.5. The Morgan fingerprint density at radius 1 is 1.13 bits per heavy atom. The predicted molar refractivity (Wildman–Crippen MR) is 142 cm³/mol. The van der Waals surface area contributed by atoms with Crippen molar-refractivity contribution in [1.82, 2.24) is 30.2 Å². The summed E-state index contributed by atoms with van der Waals surface area (Å²) in [4.78, 5) is 51.3. The van der Waals surface area contributed by atoms with Gasteiger partial charge in [0, 0.05) is 42.8 Å². The van der Waals surface area contributed by atoms with E-state index in [1.165, 1.54) is 47.3 Å². The molecule has 5 rings (SSSR count). The Balaban J connectivity index is 1.41. The van der Waals surface area contributed by atoms with E-state index < -0.39 is 29.1 Å². The maximum Gasteiger partial charge on any atom is 0.263 e. The average molecular weight is 549 g/mol. The Kier molecular flexibility index (Phi) is 7.28. The molecule has 0 unspecified atom stereocenters. The van der Waals surface area contributed by atoms with Crippen LogP contribution in [0.1, 0.15) is 33.4 Å². The predicted octanol–water partition coefficient (Wildman–Crippen LogP) is 3.78. The summed E-state index contributed by atoms with van der Waals surface area (Å²) in [6.45, 7) is -0.0614. The number of pyridine rings is 2. The first kappa shape index (κ1) is 25.9. The highest BCUT2D eigenvalue weighted by molar-refractivity contribution is 7.15. The van der Waals surface area contributed by atoms with Crippen molar-refractivity contribution in [2.45, 2.75) is 19.0 Å². The number of nitrogens with one attached hydrogen (secondary N) is 3. The summed E-state index contributed by atoms with van der Waals surface area (Å²) < 4.78 is 28.1. The molecule has 0 aliphatic heterocycles. The Hall–Kier alpha value is -4.71. The molecule has 4 heterocycles. The van der Waals surface area contributed by atoms with Crippen molar-refractivity contribution in [2.75, 3.05) is 7.05 Å². The average Bonchev–Trinajstić information content (AvgIpc) is 3.59. The molecule has 39 heavy (non-hydrogen) atoms. The first-order valence-electron chi connectivity index (χ1n) is 11.9. The number of aromatic nitrogens is 4. The van der Waals surface area contributed by atoms with E-state index in [1.54, 1.807) is 12.4 Å². The standard InChI is InChI=1S/C27H22F2N6O3S/c1-30-23(36)11-21(26-33-13-22(39-26)18-12-32-24-16(18)4-2-8-31-24)34-25(37)17-5-3-9-35(27(17)38)14-15-6-7-19(28)20(29)10-15/h2-10,12-13,21H,11,14H2,1H3,(H,30,36)(H,31,32)(H,34,37)/t21-/m1/s1. The van der Waals surface area contributed by atoms with Gasteiger partial charge in [0.1, 0.15) is 16.2 Å². The van der Waals surface area contributed by atoms with Gasteiger partial charge in [0.25, 0.3) is 11.5 Å². The molecule has 0 aliphatic carbocycles. The van der Waals surface area contributed by atoms with E-state index in [9.17, 15) is 23.2 Å². The Bertz CT molecular complexity index is 1740. The molecule has 9 nitrogen and oxygen atoms in total. The number of aromatic amines is 1. The minimum absolute atomic E-state index is 0.0614. The van der Waals surface area contributed by atoms with Crippen molar-refractivity contribution in [2.24, 2.45) is 0 Å². The summed E-state index contributed by atoms with van der Waals surface area (Å²) in [5.74, 6) is -3.04. The van der Waals surface area contributed by atoms with Crippen molar-refractivity contribution in [3.8, 4) is 10.4 Å². The van der Waals surface area contributed by atoms with Gasteiger partial charge < -0.3 is 20.2 Å². The molecule has 1 aromatic carbocycles. The zero-order valence-corrected chi connectivity index (χ0v) is 21.4. The Morgan fingerprint density at radius 2 is 1.97 bits per heavy atom. The van der Waals surface area contributed by atoms with Crippen LogP contribution in [0.25, 0.3) is 21.5 Å². The number of benzene rings is 1. The van der Waals surface area contributed by atoms with E-state index in [4.69, 9.17) is 0 Å². The topological polar surface area (TPSA) is 122 Å². The lowest BCUT2D eigenvalue weighted by Gasteiger charge is -2.16. The first-order valence-corrected chi connectivity index (χ1v) is 12.7. The Labute approximate surface area is 224 Å². The minimum Gasteiger partial charge on any atom is -0.359 e. The van der Waals surface area contributed by atoms with Gasteiger partial charge in [-0.25, -0.2) is 18.7 Å². The highest BCUT2D eigenvalue weighted by atomic mass is 32.1. The van der Waals surface area contributed by atoms with Gasteiger partial charge in [-0.3, -0.25) is 14.4 Å². The van der Waals surface area contributed by atoms with Crippen molar-refractivity contribution < 1.29 is 18.4 Å². The van der Waals surface area contributed by atoms with Gasteiger partial charge in [-0.1, -0.05) is 6.07 Å². The quantitative estimate of drug-likeness (QED) is 0.273. The molecule has 0 aliphatic rings. The molecule has 2 amide bonds. The van der Waals surface area contributed by atoms with Gasteiger partial charge in [-0.05, 0) is 42.0 Å². The normalized spacial score (nSPS) is 11.9. The van der Waals surface area contributed by atoms with Gasteiger partial charge in [0.05, 0.1) is 23.9 Å². The number of fused-ring (bicyclic) bond motifs is 1. The zero-order valence-electron chi connectivity index (χ0n) is 20.6. The van der Waals surface area contributed by atoms with Crippen LogP contribution < -0.4 is 16.2 Å². The second-order valence-electron chi connectivity index (χ2n) is 8.67. The van der Waals surface area contributed by atoms with Crippen molar-refractivity contribution in [1.29, 1.82) is 0 Å². The molecule has 0 radical (unpaired) electrons. The molecule has 5 aromatic rings. The number of H-pyrrole nitrogens is 1. The van der Waals surface area contributed by atoms with Crippen LogP contribution in [0.2, 0.25) is 0 Å². The molecule has 0 fully saturated rings. The van der Waals surface area contributed by atoms with Crippen molar-refractivity contribution >= 4 is 34.2 Å². The summed E-state index contributed by atoms with van der Waals surface area (Å²) in [6, 6.07) is 9.16. The highest BCUT2D eigenvalue weighted by Gasteiger charge is 2.24. The van der Waals surface area contributed by atoms with Crippen LogP contribution in [0.5, 0.6) is 0 Å². The molecule has 0 bridgehead atoms. The van der Waals surface area contributed by atoms with Crippen LogP contribution in [-0.4, -0.2) is 38.4 Å². The number of hydrogen-bond donors (Lipinski definition) is 3. The number of amides is 2. The minimum atomic E-state index is -1.03. The fourth-order valence-electron chi connectivity index (χ4n) is 4.13. The SMILES string of the molecule is CNC(=O)C[C@@H](NC(=O)c1cccn(Cc2ccc(F)c(F)c2)c1=O)c1ncc(-c2c[nH]c3ncccc23)s1. The lowest BCUT2D eigenvalue weighted by atomic mass is 10.1. The van der Waals surface area contributed by atoms with E-state index in [0.717, 1.165) is 33.6 Å². The molecule has 0 saturated heterocycles. The molecular weight excluding hydrogens is 526 g/mol. The van der Waals surface area contributed by atoms with Crippen molar-refractivity contribution in [3.63, 3.8) is 0 Å². The van der Waals surface area contributed by atoms with Gasteiger partial charge in [-0.15, -0.1) is 11.3 Å². The molecule has 12 heteroatoms. The van der Waals surface area contributed by atoms with Gasteiger partial charge in [-0.2, -0.15) is 0 Å². The van der Waals surface area contributed by atoms with Crippen LogP contribution in [0.4, 0.5) is 8.78 Å². The van der Waals surface area contributed by atoms with Crippen LogP contribution in [0.3, 0.4) is 0 Å². The maximum absolute atomic E-state index is 13.6. The van der Waals surface area contributed by atoms with Crippen LogP contribution in [-0.2, 0) is 11.3 Å². The van der Waals surface area contributed by atoms with Gasteiger partial charge >= 0.3 is 0 Å². The third-order valence-corrected chi connectivity index (χ3v) is 7.26. The molecular formula is C27H22F2N6O3S. The van der Waals surface area contributed by atoms with Crippen LogP contribution >= 0.6 is 11.3 Å². The number of rotatable bonds is 8. The third-order valence-electron chi connectivity index (χ3n) is 6.11. The molecule has 1 atom stereocenters. The fraction of sp³-hybridized carbons (Fsp3) is 0.148. The highest BCUT2D eigenvalue weighted by Crippen LogP contribution is 2.34. The summed E-state index contributed by atoms with van der Waals surface area (Å²) in [5, 5.41) is 6.70. The van der Waals surface area contributed by atoms with Crippen LogP contribution in [0, 0.1) is 11.6 Å². The molecule has 0 saturated carbocycles. The van der Waals surface area contributed by atoms with E-state index >= 15 is 0 Å².